The Labute approximate surface area is 391 Å². The van der Waals surface area contributed by atoms with Gasteiger partial charge in [-0.2, -0.15) is 0 Å². The number of nitrogens with one attached hydrogen (secondary N) is 6. The van der Waals surface area contributed by atoms with E-state index in [9.17, 15) is 28.8 Å². The summed E-state index contributed by atoms with van der Waals surface area (Å²) >= 11 is 3.68. The Bertz CT molecular complexity index is 2610. The molecule has 18 heteroatoms. The molecule has 0 saturated carbocycles. The number of carbonyl (C=O) groups excluding carboxylic acids is 6. The molecule has 2 aliphatic rings. The summed E-state index contributed by atoms with van der Waals surface area (Å²) in [5, 5.41) is 17.3. The fourth-order valence-corrected chi connectivity index (χ4v) is 9.00. The number of alkyl halides is 1. The SMILES string of the molecule is CCN[C@H](C(=O)N[C@@H](CCCNC(N)=O)C(=O)Nc1ccc(C(=O)Nc2ccc3[nH]c(C(=O)N4C[C@@H](CBr)c5c4cc(OC(=O)N4CCN(C)CC4)c4ccccc54)cc3c2)cc1)C(C)C. The van der Waals surface area contributed by atoms with Crippen LogP contribution < -0.4 is 42.0 Å². The number of hydrogen-bond acceptors (Lipinski definition) is 9. The van der Waals surface area contributed by atoms with Crippen molar-refractivity contribution in [2.45, 2.75) is 51.6 Å². The fourth-order valence-electron chi connectivity index (χ4n) is 8.47. The molecular weight excluding hydrogens is 908 g/mol. The molecule has 3 atom stereocenters. The summed E-state index contributed by atoms with van der Waals surface area (Å²) in [7, 11) is 2.02. The summed E-state index contributed by atoms with van der Waals surface area (Å²) < 4.78 is 6.07. The number of aromatic amines is 1. The summed E-state index contributed by atoms with van der Waals surface area (Å²) in [5.74, 6) is -1.03. The molecule has 66 heavy (non-hydrogen) atoms. The Balaban J connectivity index is 1.03. The normalized spacial score (nSPS) is 15.9. The van der Waals surface area contributed by atoms with E-state index in [1.807, 2.05) is 58.2 Å². The molecule has 3 heterocycles. The molecule has 7 amide bonds. The molecule has 0 spiro atoms. The highest BCUT2D eigenvalue weighted by Crippen LogP contribution is 2.46. The highest BCUT2D eigenvalue weighted by atomic mass is 79.9. The summed E-state index contributed by atoms with van der Waals surface area (Å²) in [4.78, 5) is 87.9. The molecule has 348 valence electrons. The molecule has 0 bridgehead atoms. The van der Waals surface area contributed by atoms with Gasteiger partial charge in [-0.15, -0.1) is 0 Å². The highest BCUT2D eigenvalue weighted by Gasteiger charge is 2.36. The minimum atomic E-state index is -0.899. The van der Waals surface area contributed by atoms with Gasteiger partial charge in [-0.3, -0.25) is 19.2 Å². The quantitative estimate of drug-likeness (QED) is 0.0457. The van der Waals surface area contributed by atoms with E-state index in [-0.39, 0.29) is 42.5 Å². The third kappa shape index (κ3) is 10.9. The Morgan fingerprint density at radius 1 is 0.879 bits per heavy atom. The molecular formula is C48H57BrN10O7. The molecule has 5 aromatic rings. The third-order valence-electron chi connectivity index (χ3n) is 12.0. The van der Waals surface area contributed by atoms with Gasteiger partial charge in [-0.05, 0) is 91.8 Å². The zero-order chi connectivity index (χ0) is 47.1. The van der Waals surface area contributed by atoms with E-state index >= 15 is 0 Å². The van der Waals surface area contributed by atoms with Gasteiger partial charge in [0.1, 0.15) is 17.5 Å². The number of likely N-dealkylation sites (N-methyl/N-ethyl adjacent to an activating group) is 2. The first-order chi connectivity index (χ1) is 31.7. The van der Waals surface area contributed by atoms with Crippen LogP contribution in [0.1, 0.15) is 65.9 Å². The predicted octanol–water partition coefficient (Wildman–Crippen LogP) is 5.96. The van der Waals surface area contributed by atoms with Crippen molar-refractivity contribution in [3.05, 3.63) is 95.7 Å². The summed E-state index contributed by atoms with van der Waals surface area (Å²) in [5.41, 5.74) is 9.20. The van der Waals surface area contributed by atoms with Crippen LogP contribution in [0.4, 0.5) is 26.7 Å². The average Bonchev–Trinajstić information content (AvgIpc) is 3.91. The van der Waals surface area contributed by atoms with Gasteiger partial charge < -0.3 is 56.7 Å². The highest BCUT2D eigenvalue weighted by molar-refractivity contribution is 9.09. The van der Waals surface area contributed by atoms with Crippen molar-refractivity contribution < 1.29 is 33.5 Å². The van der Waals surface area contributed by atoms with E-state index < -0.39 is 30.1 Å². The number of benzene rings is 4. The predicted molar refractivity (Wildman–Crippen MR) is 260 cm³/mol. The lowest BCUT2D eigenvalue weighted by molar-refractivity contribution is -0.128. The van der Waals surface area contributed by atoms with Crippen LogP contribution in [-0.2, 0) is 9.59 Å². The van der Waals surface area contributed by atoms with Crippen molar-refractivity contribution in [1.29, 1.82) is 0 Å². The number of fused-ring (bicyclic) bond motifs is 4. The van der Waals surface area contributed by atoms with Crippen molar-refractivity contribution in [3.8, 4) is 5.75 Å². The number of piperazine rings is 1. The number of amides is 7. The van der Waals surface area contributed by atoms with Gasteiger partial charge in [0.25, 0.3) is 11.8 Å². The van der Waals surface area contributed by atoms with E-state index in [0.29, 0.717) is 82.9 Å². The van der Waals surface area contributed by atoms with Crippen molar-refractivity contribution in [3.63, 3.8) is 0 Å². The number of anilines is 3. The largest absolute Gasteiger partial charge is 0.415 e. The maximum absolute atomic E-state index is 14.4. The number of aromatic nitrogens is 1. The molecule has 0 aliphatic carbocycles. The van der Waals surface area contributed by atoms with E-state index in [2.05, 4.69) is 52.4 Å². The minimum Gasteiger partial charge on any atom is -0.409 e. The van der Waals surface area contributed by atoms with Gasteiger partial charge in [-0.1, -0.05) is 61.0 Å². The maximum atomic E-state index is 14.4. The molecule has 0 unspecified atom stereocenters. The number of urea groups is 1. The van der Waals surface area contributed by atoms with Gasteiger partial charge >= 0.3 is 12.1 Å². The van der Waals surface area contributed by atoms with Crippen LogP contribution in [0.2, 0.25) is 0 Å². The number of hydrogen-bond donors (Lipinski definition) is 7. The monoisotopic (exact) mass is 964 g/mol. The minimum absolute atomic E-state index is 0.00786. The molecule has 4 aromatic carbocycles. The van der Waals surface area contributed by atoms with Gasteiger partial charge in [0.15, 0.2) is 0 Å². The molecule has 7 rings (SSSR count). The Morgan fingerprint density at radius 3 is 2.27 bits per heavy atom. The molecule has 17 nitrogen and oxygen atoms in total. The molecule has 1 aromatic heterocycles. The zero-order valence-corrected chi connectivity index (χ0v) is 39.1. The number of primary amides is 1. The van der Waals surface area contributed by atoms with E-state index in [0.717, 1.165) is 29.4 Å². The number of H-pyrrole nitrogens is 1. The van der Waals surface area contributed by atoms with Crippen LogP contribution >= 0.6 is 15.9 Å². The summed E-state index contributed by atoms with van der Waals surface area (Å²) in [6, 6.07) is 21.0. The first-order valence-electron chi connectivity index (χ1n) is 22.2. The van der Waals surface area contributed by atoms with Crippen LogP contribution in [0.25, 0.3) is 21.7 Å². The van der Waals surface area contributed by atoms with Crippen LogP contribution in [0.3, 0.4) is 0 Å². The van der Waals surface area contributed by atoms with Crippen LogP contribution in [0.5, 0.6) is 5.75 Å². The first-order valence-corrected chi connectivity index (χ1v) is 23.4. The van der Waals surface area contributed by atoms with Crippen LogP contribution in [0, 0.1) is 5.92 Å². The zero-order valence-electron chi connectivity index (χ0n) is 37.5. The van der Waals surface area contributed by atoms with Gasteiger partial charge in [0.2, 0.25) is 11.8 Å². The van der Waals surface area contributed by atoms with Gasteiger partial charge in [-0.25, -0.2) is 9.59 Å². The second-order valence-electron chi connectivity index (χ2n) is 17.1. The lowest BCUT2D eigenvalue weighted by Crippen LogP contribution is -2.53. The number of halogens is 1. The van der Waals surface area contributed by atoms with E-state index in [4.69, 9.17) is 10.5 Å². The second kappa shape index (κ2) is 21.2. The van der Waals surface area contributed by atoms with Crippen molar-refractivity contribution in [2.75, 3.05) is 73.7 Å². The fraction of sp³-hybridized carbons (Fsp3) is 0.375. The number of nitrogens with zero attached hydrogens (tertiary/aromatic N) is 3. The number of ether oxygens (including phenoxy) is 1. The Hall–Kier alpha value is -6.50. The van der Waals surface area contributed by atoms with Gasteiger partial charge in [0, 0.05) is 89.8 Å². The van der Waals surface area contributed by atoms with E-state index in [1.54, 1.807) is 58.3 Å². The standard InChI is InChI=1S/C48H57BrN10O7/c1-5-51-42(28(2)3)45(62)56-37(11-8-18-52-47(50)64)44(61)53-32-14-12-29(13-15-32)43(60)54-33-16-17-36-30(23-33)24-38(55-36)46(63)59-27-31(26-49)41-35-10-7-6-9-34(35)40(25-39(41)59)66-48(65)58-21-19-57(4)20-22-58/h6-7,9-10,12-17,23-25,28,31,37,42,51,55H,5,8,11,18-22,26-27H2,1-4H3,(H,53,61)(H,54,60)(H,56,62)(H3,50,52,64)/t31-,37+,42+/m1/s1. The number of nitrogens with two attached hydrogens (primary N) is 1. The number of carbonyl (C=O) groups is 6. The topological polar surface area (TPSA) is 223 Å². The van der Waals surface area contributed by atoms with Crippen LogP contribution in [-0.4, -0.2) is 121 Å². The maximum Gasteiger partial charge on any atom is 0.415 e. The summed E-state index contributed by atoms with van der Waals surface area (Å²) in [6.07, 6.45) is 0.216. The summed E-state index contributed by atoms with van der Waals surface area (Å²) in [6.45, 7) is 9.61. The molecule has 8 N–H and O–H groups in total. The lowest BCUT2D eigenvalue weighted by atomic mass is 9.95. The van der Waals surface area contributed by atoms with Crippen molar-refractivity contribution >= 4 is 90.4 Å². The average molecular weight is 966 g/mol. The van der Waals surface area contributed by atoms with Crippen molar-refractivity contribution in [2.24, 2.45) is 11.7 Å². The van der Waals surface area contributed by atoms with Crippen molar-refractivity contribution in [1.82, 2.24) is 30.7 Å². The van der Waals surface area contributed by atoms with E-state index in [1.165, 1.54) is 0 Å². The smallest absolute Gasteiger partial charge is 0.409 e. The third-order valence-corrected chi connectivity index (χ3v) is 12.8. The molecule has 1 fully saturated rings. The lowest BCUT2D eigenvalue weighted by Gasteiger charge is -2.31. The molecule has 1 saturated heterocycles. The van der Waals surface area contributed by atoms with Gasteiger partial charge in [0.05, 0.1) is 11.7 Å². The molecule has 2 aliphatic heterocycles. The Kier molecular flexibility index (Phi) is 15.3. The molecule has 0 radical (unpaired) electrons. The number of rotatable bonds is 16. The Morgan fingerprint density at radius 2 is 1.59 bits per heavy atom. The first kappa shape index (κ1) is 47.5. The second-order valence-corrected chi connectivity index (χ2v) is 17.7. The van der Waals surface area contributed by atoms with Crippen LogP contribution in [0.15, 0.2) is 78.9 Å².